The minimum Gasteiger partial charge on any atom is -0.372 e. The summed E-state index contributed by atoms with van der Waals surface area (Å²) < 4.78 is 7.58. The van der Waals surface area contributed by atoms with Crippen molar-refractivity contribution in [2.75, 3.05) is 0 Å². The Labute approximate surface area is 280 Å². The molecule has 0 amide bonds. The smallest absolute Gasteiger partial charge is 0.0729 e. The van der Waals surface area contributed by atoms with E-state index in [2.05, 4.69) is 197 Å². The van der Waals surface area contributed by atoms with E-state index in [9.17, 15) is 0 Å². The van der Waals surface area contributed by atoms with Crippen molar-refractivity contribution in [3.8, 4) is 0 Å². The minimum atomic E-state index is -0.609. The van der Waals surface area contributed by atoms with E-state index in [1.54, 1.807) is 0 Å². The fraction of sp³-hybridized carbons (Fsp3) is 0.130. The summed E-state index contributed by atoms with van der Waals surface area (Å²) >= 11 is 0. The molecule has 2 unspecified atom stereocenters. The summed E-state index contributed by atoms with van der Waals surface area (Å²) in [6.07, 6.45) is 3.22. The molecule has 0 N–H and O–H groups in total. The maximum absolute atomic E-state index is 7.58. The largest absolute Gasteiger partial charge is 0.372 e. The standard InChI is InChI=1S/C46H42O/c1-5-37-27-31-43(32-28-37)45(39-19-11-7-12-20-39,40-21-13-8-14-22-40)35(3)47-36(4)46(41-23-15-9-16-24-41,42-25-17-10-18-26-42)44-33-29-38(6-2)30-34-44/h5-36H,1-2H2,3-4H3. The van der Waals surface area contributed by atoms with Gasteiger partial charge < -0.3 is 4.74 Å². The molecule has 6 rings (SSSR count). The van der Waals surface area contributed by atoms with Crippen LogP contribution in [0.4, 0.5) is 0 Å². The van der Waals surface area contributed by atoms with Gasteiger partial charge in [-0.05, 0) is 58.4 Å². The molecule has 0 saturated carbocycles. The van der Waals surface area contributed by atoms with Gasteiger partial charge in [-0.2, -0.15) is 0 Å². The summed E-state index contributed by atoms with van der Waals surface area (Å²) in [6, 6.07) is 60.7. The van der Waals surface area contributed by atoms with Crippen molar-refractivity contribution < 1.29 is 4.74 Å². The van der Waals surface area contributed by atoms with Crippen molar-refractivity contribution in [3.05, 3.63) is 228 Å². The van der Waals surface area contributed by atoms with Crippen LogP contribution in [-0.2, 0) is 15.6 Å². The number of hydrogen-bond donors (Lipinski definition) is 0. The quantitative estimate of drug-likeness (QED) is 0.125. The van der Waals surface area contributed by atoms with Crippen LogP contribution in [0.5, 0.6) is 0 Å². The molecule has 1 nitrogen and oxygen atoms in total. The van der Waals surface area contributed by atoms with Crippen LogP contribution in [0.15, 0.2) is 183 Å². The Hall–Kier alpha value is -5.24. The zero-order chi connectivity index (χ0) is 32.7. The first kappa shape index (κ1) is 31.7. The molecule has 0 aromatic heterocycles. The van der Waals surface area contributed by atoms with E-state index in [0.717, 1.165) is 11.1 Å². The van der Waals surface area contributed by atoms with Gasteiger partial charge in [-0.15, -0.1) is 0 Å². The van der Waals surface area contributed by atoms with Crippen molar-refractivity contribution in [2.24, 2.45) is 0 Å². The van der Waals surface area contributed by atoms with Crippen LogP contribution in [0.1, 0.15) is 58.4 Å². The van der Waals surface area contributed by atoms with Crippen molar-refractivity contribution >= 4 is 12.2 Å². The van der Waals surface area contributed by atoms with Gasteiger partial charge in [0.2, 0.25) is 0 Å². The summed E-state index contributed by atoms with van der Waals surface area (Å²) in [7, 11) is 0. The van der Waals surface area contributed by atoms with Crippen LogP contribution < -0.4 is 0 Å². The predicted molar refractivity (Wildman–Crippen MR) is 199 cm³/mol. The molecule has 1 heteroatoms. The van der Waals surface area contributed by atoms with E-state index in [-0.39, 0.29) is 12.2 Å². The van der Waals surface area contributed by atoms with Gasteiger partial charge in [-0.25, -0.2) is 0 Å². The third-order valence-electron chi connectivity index (χ3n) is 9.75. The second kappa shape index (κ2) is 14.0. The van der Waals surface area contributed by atoms with E-state index in [1.807, 2.05) is 12.2 Å². The van der Waals surface area contributed by atoms with Gasteiger partial charge in [0.05, 0.1) is 23.0 Å². The first-order valence-electron chi connectivity index (χ1n) is 16.4. The predicted octanol–water partition coefficient (Wildman–Crippen LogP) is 11.1. The molecular weight excluding hydrogens is 569 g/mol. The molecule has 0 aliphatic rings. The summed E-state index contributed by atoms with van der Waals surface area (Å²) in [4.78, 5) is 0. The van der Waals surface area contributed by atoms with Crippen LogP contribution in [0.25, 0.3) is 12.2 Å². The molecule has 0 radical (unpaired) electrons. The lowest BCUT2D eigenvalue weighted by Gasteiger charge is -2.46. The Balaban J connectivity index is 1.59. The molecule has 6 aromatic rings. The maximum Gasteiger partial charge on any atom is 0.0729 e. The highest BCUT2D eigenvalue weighted by Crippen LogP contribution is 2.48. The Morgan fingerprint density at radius 2 is 0.617 bits per heavy atom. The molecule has 0 aliphatic heterocycles. The highest BCUT2D eigenvalue weighted by molar-refractivity contribution is 5.57. The molecule has 0 aliphatic carbocycles. The normalized spacial score (nSPS) is 13.0. The second-order valence-electron chi connectivity index (χ2n) is 12.2. The Kier molecular flexibility index (Phi) is 9.47. The van der Waals surface area contributed by atoms with E-state index in [1.165, 1.54) is 33.4 Å². The zero-order valence-corrected chi connectivity index (χ0v) is 27.3. The molecule has 2 atom stereocenters. The van der Waals surface area contributed by atoms with Crippen LogP contribution in [-0.4, -0.2) is 12.2 Å². The lowest BCUT2D eigenvalue weighted by Crippen LogP contribution is -2.49. The lowest BCUT2D eigenvalue weighted by atomic mass is 9.64. The first-order valence-corrected chi connectivity index (χ1v) is 16.4. The SMILES string of the molecule is C=Cc1ccc(C(c2ccccc2)(c2ccccc2)C(C)OC(C)C(c2ccccc2)(c2ccccc2)c2ccc(C=C)cc2)cc1. The average Bonchev–Trinajstić information content (AvgIpc) is 3.14. The molecule has 6 aromatic carbocycles. The number of benzene rings is 6. The maximum atomic E-state index is 7.58. The van der Waals surface area contributed by atoms with Crippen LogP contribution in [0, 0.1) is 0 Å². The molecule has 0 spiro atoms. The molecule has 0 bridgehead atoms. The Morgan fingerprint density at radius 1 is 0.383 bits per heavy atom. The van der Waals surface area contributed by atoms with E-state index in [0.29, 0.717) is 0 Å². The molecule has 0 saturated heterocycles. The highest BCUT2D eigenvalue weighted by Gasteiger charge is 2.48. The fourth-order valence-electron chi connectivity index (χ4n) is 7.49. The van der Waals surface area contributed by atoms with Crippen molar-refractivity contribution in [3.63, 3.8) is 0 Å². The minimum absolute atomic E-state index is 0.281. The number of ether oxygens (including phenoxy) is 1. The van der Waals surface area contributed by atoms with Crippen molar-refractivity contribution in [2.45, 2.75) is 36.9 Å². The topological polar surface area (TPSA) is 9.23 Å². The second-order valence-corrected chi connectivity index (χ2v) is 12.2. The van der Waals surface area contributed by atoms with Gasteiger partial charge >= 0.3 is 0 Å². The average molecular weight is 611 g/mol. The van der Waals surface area contributed by atoms with Gasteiger partial charge in [-0.1, -0.05) is 195 Å². The van der Waals surface area contributed by atoms with Crippen molar-refractivity contribution in [1.82, 2.24) is 0 Å². The van der Waals surface area contributed by atoms with E-state index >= 15 is 0 Å². The lowest BCUT2D eigenvalue weighted by molar-refractivity contribution is -0.0399. The van der Waals surface area contributed by atoms with Gasteiger partial charge in [-0.3, -0.25) is 0 Å². The van der Waals surface area contributed by atoms with Crippen LogP contribution in [0.3, 0.4) is 0 Å². The van der Waals surface area contributed by atoms with Crippen molar-refractivity contribution in [1.29, 1.82) is 0 Å². The Bertz CT molecular complexity index is 1650. The van der Waals surface area contributed by atoms with Gasteiger partial charge in [0.25, 0.3) is 0 Å². The van der Waals surface area contributed by atoms with E-state index in [4.69, 9.17) is 4.74 Å². The van der Waals surface area contributed by atoms with Crippen LogP contribution in [0.2, 0.25) is 0 Å². The molecule has 0 heterocycles. The third-order valence-corrected chi connectivity index (χ3v) is 9.75. The Morgan fingerprint density at radius 3 is 0.851 bits per heavy atom. The third kappa shape index (κ3) is 5.80. The molecular formula is C46H42O. The summed E-state index contributed by atoms with van der Waals surface area (Å²) in [5.74, 6) is 0. The number of rotatable bonds is 12. The zero-order valence-electron chi connectivity index (χ0n) is 27.3. The first-order chi connectivity index (χ1) is 23.0. The number of hydrogen-bond acceptors (Lipinski definition) is 1. The fourth-order valence-corrected chi connectivity index (χ4v) is 7.49. The molecule has 0 fully saturated rings. The van der Waals surface area contributed by atoms with Gasteiger partial charge in [0, 0.05) is 0 Å². The highest BCUT2D eigenvalue weighted by atomic mass is 16.5. The van der Waals surface area contributed by atoms with Gasteiger partial charge in [0.1, 0.15) is 0 Å². The monoisotopic (exact) mass is 610 g/mol. The van der Waals surface area contributed by atoms with E-state index < -0.39 is 10.8 Å². The summed E-state index contributed by atoms with van der Waals surface area (Å²) in [6.45, 7) is 12.5. The molecule has 47 heavy (non-hydrogen) atoms. The van der Waals surface area contributed by atoms with Crippen LogP contribution >= 0.6 is 0 Å². The summed E-state index contributed by atoms with van der Waals surface area (Å²) in [5, 5.41) is 0. The molecule has 232 valence electrons. The van der Waals surface area contributed by atoms with Gasteiger partial charge in [0.15, 0.2) is 0 Å². The summed E-state index contributed by atoms with van der Waals surface area (Å²) in [5.41, 5.74) is 8.00.